The van der Waals surface area contributed by atoms with Gasteiger partial charge in [-0.1, -0.05) is 23.2 Å². The summed E-state index contributed by atoms with van der Waals surface area (Å²) in [6.07, 6.45) is 1.86. The van der Waals surface area contributed by atoms with E-state index >= 15 is 0 Å². The minimum Gasteiger partial charge on any atom is -0.445 e. The molecule has 2 fully saturated rings. The van der Waals surface area contributed by atoms with Gasteiger partial charge >= 0.3 is 6.09 Å². The van der Waals surface area contributed by atoms with Gasteiger partial charge in [-0.2, -0.15) is 0 Å². The average Bonchev–Trinajstić information content (AvgIpc) is 2.82. The van der Waals surface area contributed by atoms with Gasteiger partial charge in [0.2, 0.25) is 0 Å². The predicted octanol–water partition coefficient (Wildman–Crippen LogP) is 3.56. The van der Waals surface area contributed by atoms with E-state index in [1.807, 2.05) is 4.90 Å². The molecule has 2 atom stereocenters. The lowest BCUT2D eigenvalue weighted by Gasteiger charge is -2.20. The Morgan fingerprint density at radius 2 is 1.73 bits per heavy atom. The second-order valence-electron chi connectivity index (χ2n) is 6.08. The molecular weight excluding hydrogens is 323 g/mol. The predicted molar refractivity (Wildman–Crippen MR) is 87.3 cm³/mol. The molecule has 120 valence electrons. The first-order valence-corrected chi connectivity index (χ1v) is 8.45. The standard InChI is InChI=1S/C16H20Cl2N2O2/c17-14-5-11(6-15(18)7-14)10-22-16(21)20-3-1-12-8-19-9-13(12)2-4-20/h5-7,12-13,19H,1-4,8-10H2/t12-,13+. The fourth-order valence-corrected chi connectivity index (χ4v) is 3.90. The fraction of sp³-hybridized carbons (Fsp3) is 0.562. The van der Waals surface area contributed by atoms with Crippen LogP contribution in [0, 0.1) is 11.8 Å². The van der Waals surface area contributed by atoms with Crippen molar-refractivity contribution >= 4 is 29.3 Å². The summed E-state index contributed by atoms with van der Waals surface area (Å²) < 4.78 is 5.41. The maximum atomic E-state index is 12.2. The highest BCUT2D eigenvalue weighted by Crippen LogP contribution is 2.27. The topological polar surface area (TPSA) is 41.6 Å². The Hall–Kier alpha value is -0.970. The summed E-state index contributed by atoms with van der Waals surface area (Å²) in [7, 11) is 0. The van der Waals surface area contributed by atoms with E-state index in [0.29, 0.717) is 21.9 Å². The molecule has 1 N–H and O–H groups in total. The highest BCUT2D eigenvalue weighted by Gasteiger charge is 2.31. The zero-order chi connectivity index (χ0) is 15.5. The Morgan fingerprint density at radius 1 is 1.14 bits per heavy atom. The number of benzene rings is 1. The quantitative estimate of drug-likeness (QED) is 0.893. The molecule has 1 aromatic carbocycles. The molecule has 4 nitrogen and oxygen atoms in total. The molecule has 2 heterocycles. The number of rotatable bonds is 2. The van der Waals surface area contributed by atoms with Crippen LogP contribution in [0.2, 0.25) is 10.0 Å². The van der Waals surface area contributed by atoms with Crippen molar-refractivity contribution in [2.24, 2.45) is 11.8 Å². The van der Waals surface area contributed by atoms with Crippen LogP contribution in [0.25, 0.3) is 0 Å². The Kier molecular flexibility index (Phi) is 5.11. The van der Waals surface area contributed by atoms with Gasteiger partial charge in [0.05, 0.1) is 0 Å². The monoisotopic (exact) mass is 342 g/mol. The van der Waals surface area contributed by atoms with Crippen molar-refractivity contribution in [2.45, 2.75) is 19.4 Å². The first kappa shape index (κ1) is 15.9. The minimum atomic E-state index is -0.246. The zero-order valence-electron chi connectivity index (χ0n) is 12.4. The summed E-state index contributed by atoms with van der Waals surface area (Å²) in [5, 5.41) is 4.53. The fourth-order valence-electron chi connectivity index (χ4n) is 3.33. The van der Waals surface area contributed by atoms with Crippen LogP contribution in [0.1, 0.15) is 18.4 Å². The molecule has 0 aliphatic carbocycles. The van der Waals surface area contributed by atoms with Crippen LogP contribution in [-0.4, -0.2) is 37.2 Å². The molecule has 2 saturated heterocycles. The summed E-state index contributed by atoms with van der Waals surface area (Å²) >= 11 is 11.9. The highest BCUT2D eigenvalue weighted by atomic mass is 35.5. The third kappa shape index (κ3) is 3.86. The van der Waals surface area contributed by atoms with Crippen molar-refractivity contribution in [3.05, 3.63) is 33.8 Å². The SMILES string of the molecule is O=C(OCc1cc(Cl)cc(Cl)c1)N1CC[C@@H]2CNC[C@@H]2CC1. The van der Waals surface area contributed by atoms with Crippen LogP contribution < -0.4 is 5.32 Å². The normalized spacial score (nSPS) is 24.7. The van der Waals surface area contributed by atoms with Crippen molar-refractivity contribution in [1.82, 2.24) is 10.2 Å². The van der Waals surface area contributed by atoms with Crippen molar-refractivity contribution in [3.8, 4) is 0 Å². The molecule has 1 aromatic rings. The molecular formula is C16H20Cl2N2O2. The maximum Gasteiger partial charge on any atom is 0.410 e. The van der Waals surface area contributed by atoms with Crippen LogP contribution in [0.4, 0.5) is 4.79 Å². The number of nitrogens with zero attached hydrogens (tertiary/aromatic N) is 1. The van der Waals surface area contributed by atoms with E-state index < -0.39 is 0 Å². The second-order valence-corrected chi connectivity index (χ2v) is 6.95. The number of nitrogens with one attached hydrogen (secondary N) is 1. The Labute approximate surface area is 140 Å². The van der Waals surface area contributed by atoms with Gasteiger partial charge in [0.15, 0.2) is 0 Å². The van der Waals surface area contributed by atoms with E-state index in [2.05, 4.69) is 5.32 Å². The molecule has 22 heavy (non-hydrogen) atoms. The number of carbonyl (C=O) groups excluding carboxylic acids is 1. The lowest BCUT2D eigenvalue weighted by atomic mass is 9.92. The van der Waals surface area contributed by atoms with Crippen LogP contribution in [-0.2, 0) is 11.3 Å². The number of carbonyl (C=O) groups is 1. The number of halogens is 2. The second kappa shape index (κ2) is 7.07. The molecule has 3 rings (SSSR count). The number of ether oxygens (including phenoxy) is 1. The third-order valence-corrected chi connectivity index (χ3v) is 5.00. The first-order valence-electron chi connectivity index (χ1n) is 7.69. The molecule has 0 radical (unpaired) electrons. The molecule has 0 unspecified atom stereocenters. The number of likely N-dealkylation sites (tertiary alicyclic amines) is 1. The zero-order valence-corrected chi connectivity index (χ0v) is 13.9. The highest BCUT2D eigenvalue weighted by molar-refractivity contribution is 6.34. The Bertz CT molecular complexity index is 519. The van der Waals surface area contributed by atoms with Crippen LogP contribution in [0.5, 0.6) is 0 Å². The molecule has 0 aromatic heterocycles. The summed E-state index contributed by atoms with van der Waals surface area (Å²) in [6.45, 7) is 3.91. The average molecular weight is 343 g/mol. The van der Waals surface area contributed by atoms with Gasteiger partial charge in [-0.15, -0.1) is 0 Å². The van der Waals surface area contributed by atoms with Crippen LogP contribution in [0.3, 0.4) is 0 Å². The smallest absolute Gasteiger partial charge is 0.410 e. The lowest BCUT2D eigenvalue weighted by Crippen LogP contribution is -2.33. The van der Waals surface area contributed by atoms with Crippen molar-refractivity contribution < 1.29 is 9.53 Å². The number of hydrogen-bond acceptors (Lipinski definition) is 3. The number of hydrogen-bond donors (Lipinski definition) is 1. The molecule has 6 heteroatoms. The first-order chi connectivity index (χ1) is 10.6. The van der Waals surface area contributed by atoms with Crippen molar-refractivity contribution in [2.75, 3.05) is 26.2 Å². The van der Waals surface area contributed by atoms with Gasteiger partial charge in [-0.05, 0) is 61.5 Å². The van der Waals surface area contributed by atoms with E-state index in [-0.39, 0.29) is 12.7 Å². The van der Waals surface area contributed by atoms with E-state index in [1.54, 1.807) is 18.2 Å². The number of fused-ring (bicyclic) bond motifs is 1. The van der Waals surface area contributed by atoms with Crippen molar-refractivity contribution in [1.29, 1.82) is 0 Å². The largest absolute Gasteiger partial charge is 0.445 e. The lowest BCUT2D eigenvalue weighted by molar-refractivity contribution is 0.0967. The van der Waals surface area contributed by atoms with E-state index in [9.17, 15) is 4.79 Å². The third-order valence-electron chi connectivity index (χ3n) is 4.56. The van der Waals surface area contributed by atoms with Gasteiger partial charge in [0.1, 0.15) is 6.61 Å². The summed E-state index contributed by atoms with van der Waals surface area (Å²) in [4.78, 5) is 14.1. The van der Waals surface area contributed by atoms with Gasteiger partial charge < -0.3 is 15.0 Å². The van der Waals surface area contributed by atoms with Crippen LogP contribution >= 0.6 is 23.2 Å². The Morgan fingerprint density at radius 3 is 2.32 bits per heavy atom. The molecule has 2 aliphatic rings. The van der Waals surface area contributed by atoms with Crippen molar-refractivity contribution in [3.63, 3.8) is 0 Å². The molecule has 2 aliphatic heterocycles. The Balaban J connectivity index is 1.53. The van der Waals surface area contributed by atoms with Crippen LogP contribution in [0.15, 0.2) is 18.2 Å². The number of amides is 1. The van der Waals surface area contributed by atoms with E-state index in [4.69, 9.17) is 27.9 Å². The molecule has 0 bridgehead atoms. The van der Waals surface area contributed by atoms with E-state index in [0.717, 1.165) is 44.6 Å². The molecule has 0 spiro atoms. The molecule has 1 amide bonds. The van der Waals surface area contributed by atoms with Gasteiger partial charge in [-0.25, -0.2) is 4.79 Å². The minimum absolute atomic E-state index is 0.198. The van der Waals surface area contributed by atoms with E-state index in [1.165, 1.54) is 0 Å². The van der Waals surface area contributed by atoms with Gasteiger partial charge in [0.25, 0.3) is 0 Å². The summed E-state index contributed by atoms with van der Waals surface area (Å²) in [5.41, 5.74) is 0.807. The maximum absolute atomic E-state index is 12.2. The molecule has 0 saturated carbocycles. The summed E-state index contributed by atoms with van der Waals surface area (Å²) in [5.74, 6) is 1.40. The summed E-state index contributed by atoms with van der Waals surface area (Å²) in [6, 6.07) is 5.19. The van der Waals surface area contributed by atoms with Gasteiger partial charge in [-0.3, -0.25) is 0 Å². The van der Waals surface area contributed by atoms with Gasteiger partial charge in [0, 0.05) is 23.1 Å².